The molecule has 0 saturated carbocycles. The highest BCUT2D eigenvalue weighted by Gasteiger charge is 2.38. The van der Waals surface area contributed by atoms with Gasteiger partial charge in [0.2, 0.25) is 0 Å². The van der Waals surface area contributed by atoms with Crippen LogP contribution in [-0.2, 0) is 9.53 Å². The number of carbonyl (C=O) groups excluding carboxylic acids is 1. The second-order valence-corrected chi connectivity index (χ2v) is 6.93. The minimum atomic E-state index is -5.08. The van der Waals surface area contributed by atoms with E-state index in [4.69, 9.17) is 26.2 Å². The lowest BCUT2D eigenvalue weighted by Crippen LogP contribution is -2.23. The Morgan fingerprint density at radius 2 is 2.04 bits per heavy atom. The predicted octanol–water partition coefficient (Wildman–Crippen LogP) is 2.79. The Bertz CT molecular complexity index is 599. The van der Waals surface area contributed by atoms with Crippen molar-refractivity contribution >= 4 is 34.8 Å². The van der Waals surface area contributed by atoms with E-state index in [0.29, 0.717) is 15.8 Å². The molecule has 0 aliphatic carbocycles. The Balaban J connectivity index is 0.000000381. The fraction of sp³-hybridized carbons (Fsp3) is 0.571. The molecule has 1 fully saturated rings. The average Bonchev–Trinajstić information content (AvgIpc) is 2.73. The van der Waals surface area contributed by atoms with Gasteiger partial charge in [-0.2, -0.15) is 13.2 Å². The zero-order chi connectivity index (χ0) is 19.2. The third kappa shape index (κ3) is 6.81. The maximum Gasteiger partial charge on any atom is 0.490 e. The Morgan fingerprint density at radius 1 is 1.44 bits per heavy atom. The molecule has 1 atom stereocenters. The number of halogens is 4. The molecule has 1 aliphatic heterocycles. The predicted molar refractivity (Wildman–Crippen MR) is 87.2 cm³/mol. The fourth-order valence-corrected chi connectivity index (χ4v) is 3.26. The molecule has 0 radical (unpaired) electrons. The van der Waals surface area contributed by atoms with Crippen LogP contribution >= 0.6 is 22.9 Å². The van der Waals surface area contributed by atoms with Gasteiger partial charge in [0.25, 0.3) is 5.91 Å². The van der Waals surface area contributed by atoms with E-state index in [1.54, 1.807) is 19.0 Å². The lowest BCUT2D eigenvalue weighted by Gasteiger charge is -2.14. The molecule has 2 N–H and O–H groups in total. The van der Waals surface area contributed by atoms with Gasteiger partial charge < -0.3 is 20.1 Å². The van der Waals surface area contributed by atoms with Crippen molar-refractivity contribution in [1.82, 2.24) is 10.2 Å². The minimum absolute atomic E-state index is 0.0114. The SMILES string of the molecule is CN(C)C(=O)c1cc(C2COCCCN2)c(Cl)s1.O=C(O)C(F)(F)F. The highest BCUT2D eigenvalue weighted by atomic mass is 35.5. The van der Waals surface area contributed by atoms with Gasteiger partial charge >= 0.3 is 12.1 Å². The molecule has 1 aromatic heterocycles. The van der Waals surface area contributed by atoms with Crippen molar-refractivity contribution in [2.45, 2.75) is 18.6 Å². The first-order valence-electron chi connectivity index (χ1n) is 7.16. The zero-order valence-electron chi connectivity index (χ0n) is 13.5. The van der Waals surface area contributed by atoms with Crippen LogP contribution in [0.3, 0.4) is 0 Å². The summed E-state index contributed by atoms with van der Waals surface area (Å²) in [5.74, 6) is -2.77. The van der Waals surface area contributed by atoms with Crippen LogP contribution in [0, 0.1) is 0 Å². The van der Waals surface area contributed by atoms with Gasteiger partial charge in [0.15, 0.2) is 0 Å². The van der Waals surface area contributed by atoms with Gasteiger partial charge in [-0.05, 0) is 19.0 Å². The van der Waals surface area contributed by atoms with Crippen LogP contribution in [0.1, 0.15) is 27.7 Å². The van der Waals surface area contributed by atoms with Crippen molar-refractivity contribution in [3.05, 3.63) is 20.8 Å². The standard InChI is InChI=1S/C12H17ClN2O2S.C2HF3O2/c1-15(2)12(16)10-6-8(11(13)18-10)9-7-17-5-3-4-14-9;3-2(4,5)1(6)7/h6,9,14H,3-5,7H2,1-2H3;(H,6,7). The Hall–Kier alpha value is -1.36. The number of hydrogen-bond acceptors (Lipinski definition) is 5. The molecule has 1 saturated heterocycles. The summed E-state index contributed by atoms with van der Waals surface area (Å²) in [4.78, 5) is 23.0. The van der Waals surface area contributed by atoms with Crippen LogP contribution in [0.25, 0.3) is 0 Å². The van der Waals surface area contributed by atoms with Crippen molar-refractivity contribution in [2.24, 2.45) is 0 Å². The number of amides is 1. The van der Waals surface area contributed by atoms with E-state index in [1.165, 1.54) is 11.3 Å². The van der Waals surface area contributed by atoms with Crippen molar-refractivity contribution in [2.75, 3.05) is 33.9 Å². The van der Waals surface area contributed by atoms with Crippen LogP contribution < -0.4 is 5.32 Å². The maximum absolute atomic E-state index is 11.9. The summed E-state index contributed by atoms with van der Waals surface area (Å²) in [6.45, 7) is 2.29. The number of carbonyl (C=O) groups is 2. The topological polar surface area (TPSA) is 78.9 Å². The van der Waals surface area contributed by atoms with E-state index in [9.17, 15) is 18.0 Å². The summed E-state index contributed by atoms with van der Waals surface area (Å²) in [6, 6.07) is 1.96. The molecule has 142 valence electrons. The number of hydrogen-bond donors (Lipinski definition) is 2. The number of rotatable bonds is 2. The Labute approximate surface area is 151 Å². The summed E-state index contributed by atoms with van der Waals surface area (Å²) in [5.41, 5.74) is 0.966. The summed E-state index contributed by atoms with van der Waals surface area (Å²) >= 11 is 7.56. The number of nitrogens with one attached hydrogen (secondary N) is 1. The van der Waals surface area contributed by atoms with E-state index in [2.05, 4.69) is 5.32 Å². The number of carboxylic acids is 1. The summed E-state index contributed by atoms with van der Waals surface area (Å²) < 4.78 is 37.9. The molecule has 11 heteroatoms. The first-order chi connectivity index (χ1) is 11.5. The molecule has 6 nitrogen and oxygen atoms in total. The lowest BCUT2D eigenvalue weighted by molar-refractivity contribution is -0.192. The summed E-state index contributed by atoms with van der Waals surface area (Å²) in [5, 5.41) is 10.5. The van der Waals surface area contributed by atoms with Crippen molar-refractivity contribution in [1.29, 1.82) is 0 Å². The zero-order valence-corrected chi connectivity index (χ0v) is 15.1. The molecule has 1 aromatic rings. The van der Waals surface area contributed by atoms with Crippen LogP contribution in [0.4, 0.5) is 13.2 Å². The highest BCUT2D eigenvalue weighted by molar-refractivity contribution is 7.18. The Kier molecular flexibility index (Phi) is 8.13. The van der Waals surface area contributed by atoms with E-state index >= 15 is 0 Å². The van der Waals surface area contributed by atoms with Crippen LogP contribution in [0.2, 0.25) is 4.34 Å². The fourth-order valence-electron chi connectivity index (χ4n) is 1.86. The first kappa shape index (κ1) is 21.7. The summed E-state index contributed by atoms with van der Waals surface area (Å²) in [6.07, 6.45) is -4.08. The van der Waals surface area contributed by atoms with Gasteiger partial charge in [0.05, 0.1) is 21.9 Å². The quantitative estimate of drug-likeness (QED) is 0.795. The molecule has 0 spiro atoms. The second kappa shape index (κ2) is 9.37. The van der Waals surface area contributed by atoms with Gasteiger partial charge in [-0.25, -0.2) is 4.79 Å². The van der Waals surface area contributed by atoms with E-state index in [-0.39, 0.29) is 11.9 Å². The average molecular weight is 403 g/mol. The number of nitrogens with zero attached hydrogens (tertiary/aromatic N) is 1. The first-order valence-corrected chi connectivity index (χ1v) is 8.35. The molecule has 0 bridgehead atoms. The van der Waals surface area contributed by atoms with Gasteiger partial charge in [0.1, 0.15) is 0 Å². The molecule has 2 rings (SSSR count). The third-order valence-corrected chi connectivity index (χ3v) is 4.47. The van der Waals surface area contributed by atoms with Crippen LogP contribution in [0.5, 0.6) is 0 Å². The largest absolute Gasteiger partial charge is 0.490 e. The molecule has 25 heavy (non-hydrogen) atoms. The van der Waals surface area contributed by atoms with E-state index in [0.717, 1.165) is 25.1 Å². The summed E-state index contributed by atoms with van der Waals surface area (Å²) in [7, 11) is 3.48. The second-order valence-electron chi connectivity index (χ2n) is 5.28. The molecular formula is C14H18ClF3N2O4S. The Morgan fingerprint density at radius 3 is 2.56 bits per heavy atom. The molecule has 1 amide bonds. The molecule has 0 aromatic carbocycles. The normalized spacial score (nSPS) is 17.9. The molecular weight excluding hydrogens is 385 g/mol. The van der Waals surface area contributed by atoms with E-state index < -0.39 is 12.1 Å². The monoisotopic (exact) mass is 402 g/mol. The van der Waals surface area contributed by atoms with Gasteiger partial charge in [-0.3, -0.25) is 4.79 Å². The van der Waals surface area contributed by atoms with Crippen LogP contribution in [-0.4, -0.2) is 61.9 Å². The van der Waals surface area contributed by atoms with Crippen molar-refractivity contribution in [3.8, 4) is 0 Å². The van der Waals surface area contributed by atoms with Crippen molar-refractivity contribution < 1.29 is 32.6 Å². The van der Waals surface area contributed by atoms with Gasteiger partial charge in [-0.15, -0.1) is 11.3 Å². The number of alkyl halides is 3. The highest BCUT2D eigenvalue weighted by Crippen LogP contribution is 2.33. The third-order valence-electron chi connectivity index (χ3n) is 3.09. The number of ether oxygens (including phenoxy) is 1. The van der Waals surface area contributed by atoms with Crippen molar-refractivity contribution in [3.63, 3.8) is 0 Å². The number of aliphatic carboxylic acids is 1. The lowest BCUT2D eigenvalue weighted by atomic mass is 10.1. The minimum Gasteiger partial charge on any atom is -0.475 e. The number of carboxylic acid groups (broad SMARTS) is 1. The smallest absolute Gasteiger partial charge is 0.475 e. The molecule has 1 unspecified atom stereocenters. The maximum atomic E-state index is 11.9. The van der Waals surface area contributed by atoms with Gasteiger partial charge in [0, 0.05) is 26.3 Å². The molecule has 2 heterocycles. The number of thiophene rings is 1. The van der Waals surface area contributed by atoms with Gasteiger partial charge in [-0.1, -0.05) is 11.6 Å². The van der Waals surface area contributed by atoms with E-state index in [1.807, 2.05) is 6.07 Å². The van der Waals surface area contributed by atoms with Crippen LogP contribution in [0.15, 0.2) is 6.07 Å². The molecule has 1 aliphatic rings.